The largest absolute Gasteiger partial charge is 0.381 e. The van der Waals surface area contributed by atoms with Crippen molar-refractivity contribution in [2.75, 3.05) is 17.7 Å². The van der Waals surface area contributed by atoms with Crippen LogP contribution >= 0.6 is 22.9 Å². The van der Waals surface area contributed by atoms with Gasteiger partial charge in [-0.3, -0.25) is 0 Å². The Bertz CT molecular complexity index is 206. The molecular formula is C8H10ClNS. The van der Waals surface area contributed by atoms with Crippen molar-refractivity contribution in [3.05, 3.63) is 29.0 Å². The van der Waals surface area contributed by atoms with Crippen LogP contribution < -0.4 is 5.32 Å². The number of nitrogens with one attached hydrogen (secondary N) is 1. The van der Waals surface area contributed by atoms with E-state index in [0.29, 0.717) is 5.88 Å². The molecule has 11 heavy (non-hydrogen) atoms. The first-order valence-electron chi connectivity index (χ1n) is 3.40. The number of hydrogen-bond acceptors (Lipinski definition) is 2. The van der Waals surface area contributed by atoms with Gasteiger partial charge in [0, 0.05) is 23.5 Å². The molecule has 0 aliphatic carbocycles. The standard InChI is InChI=1S/C8H10ClNS/c9-4-1-2-5-10-8-3-6-11-7-8/h1-3,6-7,10H,4-5H2/b2-1+. The van der Waals surface area contributed by atoms with E-state index in [1.807, 2.05) is 17.5 Å². The molecule has 1 aromatic rings. The van der Waals surface area contributed by atoms with Gasteiger partial charge in [-0.05, 0) is 11.4 Å². The summed E-state index contributed by atoms with van der Waals surface area (Å²) in [5, 5.41) is 7.35. The van der Waals surface area contributed by atoms with Crippen LogP contribution in [-0.4, -0.2) is 12.4 Å². The van der Waals surface area contributed by atoms with Crippen molar-refractivity contribution in [2.24, 2.45) is 0 Å². The molecule has 0 aliphatic heterocycles. The van der Waals surface area contributed by atoms with E-state index in [-0.39, 0.29) is 0 Å². The van der Waals surface area contributed by atoms with Gasteiger partial charge in [0.25, 0.3) is 0 Å². The zero-order valence-electron chi connectivity index (χ0n) is 6.09. The minimum Gasteiger partial charge on any atom is -0.381 e. The molecule has 1 heterocycles. The number of allylic oxidation sites excluding steroid dienone is 1. The van der Waals surface area contributed by atoms with Crippen LogP contribution in [0.1, 0.15) is 0 Å². The first-order valence-corrected chi connectivity index (χ1v) is 4.88. The van der Waals surface area contributed by atoms with Gasteiger partial charge in [-0.15, -0.1) is 11.6 Å². The second-order valence-electron chi connectivity index (χ2n) is 2.02. The van der Waals surface area contributed by atoms with Gasteiger partial charge in [-0.25, -0.2) is 0 Å². The summed E-state index contributed by atoms with van der Waals surface area (Å²) >= 11 is 7.14. The Morgan fingerprint density at radius 3 is 3.09 bits per heavy atom. The summed E-state index contributed by atoms with van der Waals surface area (Å²) in [4.78, 5) is 0. The Kier molecular flexibility index (Phi) is 4.09. The molecule has 1 N–H and O–H groups in total. The van der Waals surface area contributed by atoms with Crippen molar-refractivity contribution in [3.8, 4) is 0 Å². The Morgan fingerprint density at radius 2 is 2.45 bits per heavy atom. The molecule has 3 heteroatoms. The van der Waals surface area contributed by atoms with E-state index >= 15 is 0 Å². The molecule has 0 atom stereocenters. The third kappa shape index (κ3) is 3.44. The molecule has 60 valence electrons. The molecule has 1 aromatic heterocycles. The van der Waals surface area contributed by atoms with Crippen molar-refractivity contribution in [2.45, 2.75) is 0 Å². The van der Waals surface area contributed by atoms with Crippen molar-refractivity contribution < 1.29 is 0 Å². The molecule has 0 aromatic carbocycles. The van der Waals surface area contributed by atoms with Gasteiger partial charge in [-0.1, -0.05) is 12.2 Å². The molecular weight excluding hydrogens is 178 g/mol. The summed E-state index contributed by atoms with van der Waals surface area (Å²) in [6.07, 6.45) is 3.95. The van der Waals surface area contributed by atoms with Gasteiger partial charge in [0.05, 0.1) is 0 Å². The molecule has 0 saturated carbocycles. The first kappa shape index (κ1) is 8.62. The number of halogens is 1. The maximum Gasteiger partial charge on any atom is 0.0451 e. The van der Waals surface area contributed by atoms with Crippen LogP contribution in [0, 0.1) is 0 Å². The summed E-state index contributed by atoms with van der Waals surface area (Å²) in [5.41, 5.74) is 1.18. The fourth-order valence-electron chi connectivity index (χ4n) is 0.688. The Labute approximate surface area is 75.7 Å². The van der Waals surface area contributed by atoms with E-state index in [1.165, 1.54) is 5.69 Å². The predicted molar refractivity (Wildman–Crippen MR) is 52.7 cm³/mol. The van der Waals surface area contributed by atoms with E-state index in [2.05, 4.69) is 16.8 Å². The van der Waals surface area contributed by atoms with Crippen LogP contribution in [0.15, 0.2) is 29.0 Å². The maximum absolute atomic E-state index is 5.45. The van der Waals surface area contributed by atoms with Crippen LogP contribution in [0.5, 0.6) is 0 Å². The summed E-state index contributed by atoms with van der Waals surface area (Å²) in [6, 6.07) is 2.05. The molecule has 0 bridgehead atoms. The molecule has 0 aliphatic rings. The van der Waals surface area contributed by atoms with Crippen molar-refractivity contribution >= 4 is 28.6 Å². The van der Waals surface area contributed by atoms with Gasteiger partial charge in [-0.2, -0.15) is 11.3 Å². The number of thiophene rings is 1. The fraction of sp³-hybridized carbons (Fsp3) is 0.250. The smallest absolute Gasteiger partial charge is 0.0451 e. The first-order chi connectivity index (χ1) is 5.43. The highest BCUT2D eigenvalue weighted by Crippen LogP contribution is 2.10. The topological polar surface area (TPSA) is 12.0 Å². The van der Waals surface area contributed by atoms with Gasteiger partial charge >= 0.3 is 0 Å². The molecule has 1 nitrogen and oxygen atoms in total. The zero-order valence-corrected chi connectivity index (χ0v) is 7.66. The SMILES string of the molecule is ClC/C=C/CNc1ccsc1. The average Bonchev–Trinajstić information content (AvgIpc) is 2.50. The molecule has 0 fully saturated rings. The second kappa shape index (κ2) is 5.22. The van der Waals surface area contributed by atoms with Gasteiger partial charge in [0.2, 0.25) is 0 Å². The van der Waals surface area contributed by atoms with E-state index < -0.39 is 0 Å². The molecule has 1 rings (SSSR count). The normalized spacial score (nSPS) is 10.6. The minimum atomic E-state index is 0.589. The quantitative estimate of drug-likeness (QED) is 0.565. The van der Waals surface area contributed by atoms with Crippen LogP contribution in [0.4, 0.5) is 5.69 Å². The Morgan fingerprint density at radius 1 is 1.55 bits per heavy atom. The zero-order chi connectivity index (χ0) is 7.94. The molecule has 0 radical (unpaired) electrons. The lowest BCUT2D eigenvalue weighted by Gasteiger charge is -1.96. The Hall–Kier alpha value is -0.470. The lowest BCUT2D eigenvalue weighted by atomic mass is 10.4. The molecule has 0 spiro atoms. The summed E-state index contributed by atoms with van der Waals surface area (Å²) in [5.74, 6) is 0.589. The second-order valence-corrected chi connectivity index (χ2v) is 3.11. The summed E-state index contributed by atoms with van der Waals surface area (Å²) in [7, 11) is 0. The lowest BCUT2D eigenvalue weighted by molar-refractivity contribution is 1.34. The summed E-state index contributed by atoms with van der Waals surface area (Å²) in [6.45, 7) is 0.851. The molecule has 0 amide bonds. The number of anilines is 1. The van der Waals surface area contributed by atoms with Gasteiger partial charge in [0.1, 0.15) is 0 Å². The van der Waals surface area contributed by atoms with Crippen LogP contribution in [0.25, 0.3) is 0 Å². The van der Waals surface area contributed by atoms with Crippen molar-refractivity contribution in [1.29, 1.82) is 0 Å². The molecule has 0 saturated heterocycles. The Balaban J connectivity index is 2.19. The third-order valence-electron chi connectivity index (χ3n) is 1.20. The fourth-order valence-corrected chi connectivity index (χ4v) is 1.43. The van der Waals surface area contributed by atoms with Gasteiger partial charge in [0.15, 0.2) is 0 Å². The third-order valence-corrected chi connectivity index (χ3v) is 2.06. The van der Waals surface area contributed by atoms with Gasteiger partial charge < -0.3 is 5.32 Å². The van der Waals surface area contributed by atoms with E-state index in [4.69, 9.17) is 11.6 Å². The lowest BCUT2D eigenvalue weighted by Crippen LogP contribution is -1.95. The van der Waals surface area contributed by atoms with Crippen LogP contribution in [0.2, 0.25) is 0 Å². The number of rotatable bonds is 4. The van der Waals surface area contributed by atoms with E-state index in [0.717, 1.165) is 6.54 Å². The van der Waals surface area contributed by atoms with E-state index in [1.54, 1.807) is 11.3 Å². The highest BCUT2D eigenvalue weighted by Gasteiger charge is 1.85. The summed E-state index contributed by atoms with van der Waals surface area (Å²) < 4.78 is 0. The maximum atomic E-state index is 5.45. The molecule has 0 unspecified atom stereocenters. The van der Waals surface area contributed by atoms with Crippen molar-refractivity contribution in [1.82, 2.24) is 0 Å². The van der Waals surface area contributed by atoms with Crippen LogP contribution in [0.3, 0.4) is 0 Å². The highest BCUT2D eigenvalue weighted by molar-refractivity contribution is 7.08. The number of hydrogen-bond donors (Lipinski definition) is 1. The average molecular weight is 188 g/mol. The minimum absolute atomic E-state index is 0.589. The highest BCUT2D eigenvalue weighted by atomic mass is 35.5. The van der Waals surface area contributed by atoms with Crippen LogP contribution in [-0.2, 0) is 0 Å². The number of alkyl halides is 1. The monoisotopic (exact) mass is 187 g/mol. The van der Waals surface area contributed by atoms with Crippen molar-refractivity contribution in [3.63, 3.8) is 0 Å². The predicted octanol–water partition coefficient (Wildman–Crippen LogP) is 2.96. The van der Waals surface area contributed by atoms with E-state index in [9.17, 15) is 0 Å².